The average Bonchev–Trinajstić information content (AvgIpc) is 3.07. The maximum atomic E-state index is 11.8. The highest BCUT2D eigenvalue weighted by Gasteiger charge is 2.14. The number of hydrogen-bond donors (Lipinski definition) is 1. The van der Waals surface area contributed by atoms with Crippen LogP contribution in [0.2, 0.25) is 0 Å². The molecule has 1 aromatic carbocycles. The van der Waals surface area contributed by atoms with Crippen LogP contribution in [0.1, 0.15) is 23.2 Å². The van der Waals surface area contributed by atoms with Gasteiger partial charge in [-0.15, -0.1) is 0 Å². The molecular weight excluding hydrogens is 254 g/mol. The predicted octanol–water partition coefficient (Wildman–Crippen LogP) is 3.39. The number of rotatable bonds is 4. The molecule has 2 heterocycles. The molecule has 20 heavy (non-hydrogen) atoms. The fourth-order valence-corrected chi connectivity index (χ4v) is 2.19. The molecule has 0 aliphatic rings. The molecule has 1 N–H and O–H groups in total. The highest BCUT2D eigenvalue weighted by atomic mass is 16.3. The van der Waals surface area contributed by atoms with Crippen molar-refractivity contribution in [2.75, 3.05) is 0 Å². The SMILES string of the molecule is C[C@H](Cc1cc2ccccc2o1)NC(=O)c1ccco1. The van der Waals surface area contributed by atoms with Crippen LogP contribution in [-0.4, -0.2) is 11.9 Å². The number of fused-ring (bicyclic) bond motifs is 1. The number of amides is 1. The third-order valence-electron chi connectivity index (χ3n) is 3.11. The predicted molar refractivity (Wildman–Crippen MR) is 75.6 cm³/mol. The van der Waals surface area contributed by atoms with E-state index in [0.29, 0.717) is 12.2 Å². The van der Waals surface area contributed by atoms with Crippen molar-refractivity contribution in [2.45, 2.75) is 19.4 Å². The molecule has 0 saturated carbocycles. The minimum atomic E-state index is -0.210. The molecule has 0 fully saturated rings. The molecule has 3 rings (SSSR count). The Hall–Kier alpha value is -2.49. The van der Waals surface area contributed by atoms with Gasteiger partial charge in [0.15, 0.2) is 5.76 Å². The van der Waals surface area contributed by atoms with E-state index in [1.807, 2.05) is 37.3 Å². The number of para-hydroxylation sites is 1. The maximum absolute atomic E-state index is 11.8. The zero-order chi connectivity index (χ0) is 13.9. The van der Waals surface area contributed by atoms with E-state index in [0.717, 1.165) is 16.7 Å². The summed E-state index contributed by atoms with van der Waals surface area (Å²) < 4.78 is 10.8. The van der Waals surface area contributed by atoms with Gasteiger partial charge in [-0.1, -0.05) is 18.2 Å². The summed E-state index contributed by atoms with van der Waals surface area (Å²) in [6.45, 7) is 1.94. The Morgan fingerprint density at radius 1 is 1.25 bits per heavy atom. The van der Waals surface area contributed by atoms with Gasteiger partial charge in [0, 0.05) is 17.8 Å². The van der Waals surface area contributed by atoms with Crippen molar-refractivity contribution in [1.29, 1.82) is 0 Å². The van der Waals surface area contributed by atoms with Gasteiger partial charge in [-0.05, 0) is 31.2 Å². The fraction of sp³-hybridized carbons (Fsp3) is 0.188. The molecule has 1 amide bonds. The fourth-order valence-electron chi connectivity index (χ4n) is 2.19. The molecule has 0 radical (unpaired) electrons. The Labute approximate surface area is 116 Å². The first kappa shape index (κ1) is 12.5. The van der Waals surface area contributed by atoms with Gasteiger partial charge in [-0.3, -0.25) is 4.79 Å². The minimum absolute atomic E-state index is 0.0341. The minimum Gasteiger partial charge on any atom is -0.461 e. The quantitative estimate of drug-likeness (QED) is 0.789. The molecule has 1 atom stereocenters. The lowest BCUT2D eigenvalue weighted by Gasteiger charge is -2.10. The Kier molecular flexibility index (Phi) is 3.29. The van der Waals surface area contributed by atoms with Crippen LogP contribution >= 0.6 is 0 Å². The van der Waals surface area contributed by atoms with E-state index in [2.05, 4.69) is 5.32 Å². The van der Waals surface area contributed by atoms with Crippen molar-refractivity contribution in [3.63, 3.8) is 0 Å². The number of benzene rings is 1. The van der Waals surface area contributed by atoms with Gasteiger partial charge in [0.05, 0.1) is 6.26 Å². The second-order valence-corrected chi connectivity index (χ2v) is 4.81. The molecule has 0 aliphatic heterocycles. The van der Waals surface area contributed by atoms with Crippen LogP contribution in [0.5, 0.6) is 0 Å². The van der Waals surface area contributed by atoms with Crippen molar-refractivity contribution in [2.24, 2.45) is 0 Å². The van der Waals surface area contributed by atoms with Crippen LogP contribution in [0, 0.1) is 0 Å². The molecule has 0 saturated heterocycles. The number of carbonyl (C=O) groups is 1. The van der Waals surface area contributed by atoms with Gasteiger partial charge in [0.1, 0.15) is 11.3 Å². The van der Waals surface area contributed by atoms with E-state index in [-0.39, 0.29) is 11.9 Å². The van der Waals surface area contributed by atoms with Crippen molar-refractivity contribution < 1.29 is 13.6 Å². The molecule has 0 unspecified atom stereocenters. The molecule has 0 spiro atoms. The molecule has 4 heteroatoms. The second kappa shape index (κ2) is 5.25. The van der Waals surface area contributed by atoms with Crippen LogP contribution in [-0.2, 0) is 6.42 Å². The summed E-state index contributed by atoms with van der Waals surface area (Å²) in [5, 5.41) is 3.96. The van der Waals surface area contributed by atoms with Crippen molar-refractivity contribution in [3.05, 3.63) is 60.2 Å². The monoisotopic (exact) mass is 269 g/mol. The molecule has 0 bridgehead atoms. The van der Waals surface area contributed by atoms with Crippen molar-refractivity contribution >= 4 is 16.9 Å². The Morgan fingerprint density at radius 2 is 2.10 bits per heavy atom. The van der Waals surface area contributed by atoms with Gasteiger partial charge in [0.2, 0.25) is 0 Å². The summed E-state index contributed by atoms with van der Waals surface area (Å²) in [7, 11) is 0. The van der Waals surface area contributed by atoms with Gasteiger partial charge in [-0.2, -0.15) is 0 Å². The van der Waals surface area contributed by atoms with Gasteiger partial charge in [-0.25, -0.2) is 0 Å². The normalized spacial score (nSPS) is 12.4. The molecule has 102 valence electrons. The lowest BCUT2D eigenvalue weighted by atomic mass is 10.1. The topological polar surface area (TPSA) is 55.4 Å². The van der Waals surface area contributed by atoms with E-state index in [9.17, 15) is 4.79 Å². The lowest BCUT2D eigenvalue weighted by Crippen LogP contribution is -2.33. The van der Waals surface area contributed by atoms with Crippen LogP contribution in [0.3, 0.4) is 0 Å². The molecule has 4 nitrogen and oxygen atoms in total. The molecule has 2 aromatic heterocycles. The van der Waals surface area contributed by atoms with E-state index < -0.39 is 0 Å². The van der Waals surface area contributed by atoms with Gasteiger partial charge in [0.25, 0.3) is 5.91 Å². The smallest absolute Gasteiger partial charge is 0.287 e. The molecule has 3 aromatic rings. The van der Waals surface area contributed by atoms with Gasteiger partial charge >= 0.3 is 0 Å². The second-order valence-electron chi connectivity index (χ2n) is 4.81. The first-order chi connectivity index (χ1) is 9.72. The van der Waals surface area contributed by atoms with E-state index in [4.69, 9.17) is 8.83 Å². The number of nitrogens with one attached hydrogen (secondary N) is 1. The zero-order valence-electron chi connectivity index (χ0n) is 11.1. The summed E-state index contributed by atoms with van der Waals surface area (Å²) in [5.41, 5.74) is 0.868. The highest BCUT2D eigenvalue weighted by Crippen LogP contribution is 2.19. The van der Waals surface area contributed by atoms with Crippen molar-refractivity contribution in [3.8, 4) is 0 Å². The Balaban J connectivity index is 1.66. The summed E-state index contributed by atoms with van der Waals surface area (Å²) in [6.07, 6.45) is 2.12. The first-order valence-corrected chi connectivity index (χ1v) is 6.54. The first-order valence-electron chi connectivity index (χ1n) is 6.54. The van der Waals surface area contributed by atoms with Crippen LogP contribution < -0.4 is 5.32 Å². The van der Waals surface area contributed by atoms with Crippen LogP contribution in [0.4, 0.5) is 0 Å². The third kappa shape index (κ3) is 2.59. The van der Waals surface area contributed by atoms with Crippen LogP contribution in [0.15, 0.2) is 57.6 Å². The number of carbonyl (C=O) groups excluding carboxylic acids is 1. The van der Waals surface area contributed by atoms with Gasteiger partial charge < -0.3 is 14.2 Å². The average molecular weight is 269 g/mol. The standard InChI is InChI=1S/C16H15NO3/c1-11(17-16(18)15-7-4-8-19-15)9-13-10-12-5-2-3-6-14(12)20-13/h2-8,10-11H,9H2,1H3,(H,17,18)/t11-/m1/s1. The lowest BCUT2D eigenvalue weighted by molar-refractivity contribution is 0.0911. The Morgan fingerprint density at radius 3 is 2.85 bits per heavy atom. The summed E-state index contributed by atoms with van der Waals surface area (Å²) in [6, 6.07) is 13.2. The van der Waals surface area contributed by atoms with Crippen molar-refractivity contribution in [1.82, 2.24) is 5.32 Å². The maximum Gasteiger partial charge on any atom is 0.287 e. The van der Waals surface area contributed by atoms with E-state index in [1.54, 1.807) is 12.1 Å². The Bertz CT molecular complexity index is 679. The summed E-state index contributed by atoms with van der Waals surface area (Å²) >= 11 is 0. The molecule has 0 aliphatic carbocycles. The van der Waals surface area contributed by atoms with E-state index >= 15 is 0 Å². The van der Waals surface area contributed by atoms with Crippen LogP contribution in [0.25, 0.3) is 11.0 Å². The summed E-state index contributed by atoms with van der Waals surface area (Å²) in [5.74, 6) is 0.971. The largest absolute Gasteiger partial charge is 0.461 e. The molecular formula is C16H15NO3. The third-order valence-corrected chi connectivity index (χ3v) is 3.11. The number of furan rings is 2. The zero-order valence-corrected chi connectivity index (χ0v) is 11.1. The number of hydrogen-bond acceptors (Lipinski definition) is 3. The van der Waals surface area contributed by atoms with E-state index in [1.165, 1.54) is 6.26 Å². The highest BCUT2D eigenvalue weighted by molar-refractivity contribution is 5.91. The summed E-state index contributed by atoms with van der Waals surface area (Å²) in [4.78, 5) is 11.8.